The summed E-state index contributed by atoms with van der Waals surface area (Å²) >= 11 is 0. The van der Waals surface area contributed by atoms with E-state index >= 15 is 0 Å². The number of esters is 1. The Kier molecular flexibility index (Phi) is 4.14. The molecule has 0 aliphatic heterocycles. The molecule has 5 nitrogen and oxygen atoms in total. The van der Waals surface area contributed by atoms with Gasteiger partial charge in [-0.15, -0.1) is 0 Å². The number of hydrogen-bond donors (Lipinski definition) is 0. The number of hydrogen-bond acceptors (Lipinski definition) is 5. The molecule has 2 aromatic rings. The number of carbonyl (C=O) groups excluding carboxylic acids is 1. The second kappa shape index (κ2) is 5.83. The van der Waals surface area contributed by atoms with Crippen molar-refractivity contribution in [3.63, 3.8) is 0 Å². The van der Waals surface area contributed by atoms with Crippen molar-refractivity contribution in [3.8, 4) is 11.5 Å². The van der Waals surface area contributed by atoms with Crippen LogP contribution in [0.3, 0.4) is 0 Å². The third-order valence-corrected chi connectivity index (χ3v) is 2.70. The molecule has 0 aliphatic rings. The highest BCUT2D eigenvalue weighted by Gasteiger charge is 2.23. The lowest BCUT2D eigenvalue weighted by molar-refractivity contribution is 0.0559. The first-order valence-electron chi connectivity index (χ1n) is 5.90. The summed E-state index contributed by atoms with van der Waals surface area (Å²) in [6.45, 7) is 1.89. The third kappa shape index (κ3) is 2.70. The van der Waals surface area contributed by atoms with E-state index in [2.05, 4.69) is 9.72 Å². The number of benzene rings is 1. The van der Waals surface area contributed by atoms with E-state index in [-0.39, 0.29) is 29.5 Å². The number of nitrogens with zero attached hydrogens (tertiary/aromatic N) is 1. The standard InChI is InChI=1S/C14H14FNO4/c1-8-4-5-10(15)9(6-8)13-16-11(7-18-2)12(20-13)14(17)19-3/h4-6H,7H2,1-3H3. The van der Waals surface area contributed by atoms with Gasteiger partial charge in [0, 0.05) is 7.11 Å². The average Bonchev–Trinajstić information content (AvgIpc) is 2.85. The van der Waals surface area contributed by atoms with Gasteiger partial charge in [-0.25, -0.2) is 14.2 Å². The van der Waals surface area contributed by atoms with Crippen LogP contribution in [0.15, 0.2) is 22.6 Å². The van der Waals surface area contributed by atoms with Crippen LogP contribution in [0.5, 0.6) is 0 Å². The maximum atomic E-state index is 13.8. The number of aromatic nitrogens is 1. The summed E-state index contributed by atoms with van der Waals surface area (Å²) in [5, 5.41) is 0. The molecule has 0 amide bonds. The molecule has 0 aliphatic carbocycles. The van der Waals surface area contributed by atoms with Gasteiger partial charge in [-0.1, -0.05) is 11.6 Å². The number of oxazole rings is 1. The molecule has 2 rings (SSSR count). The summed E-state index contributed by atoms with van der Waals surface area (Å²) in [4.78, 5) is 15.7. The Balaban J connectivity index is 2.52. The summed E-state index contributed by atoms with van der Waals surface area (Å²) in [7, 11) is 2.69. The van der Waals surface area contributed by atoms with E-state index in [1.165, 1.54) is 20.3 Å². The predicted molar refractivity (Wildman–Crippen MR) is 68.7 cm³/mol. The molecule has 0 fully saturated rings. The molecular formula is C14H14FNO4. The summed E-state index contributed by atoms with van der Waals surface area (Å²) in [5.41, 5.74) is 1.32. The SMILES string of the molecule is COCc1nc(-c2cc(C)ccc2F)oc1C(=O)OC. The molecule has 0 unspecified atom stereocenters. The molecule has 1 heterocycles. The monoisotopic (exact) mass is 279 g/mol. The molecule has 6 heteroatoms. The fraction of sp³-hybridized carbons (Fsp3) is 0.286. The van der Waals surface area contributed by atoms with Gasteiger partial charge >= 0.3 is 5.97 Å². The molecule has 1 aromatic heterocycles. The number of halogens is 1. The Bertz CT molecular complexity index is 636. The molecule has 0 spiro atoms. The number of carbonyl (C=O) groups is 1. The van der Waals surface area contributed by atoms with Gasteiger partial charge < -0.3 is 13.9 Å². The predicted octanol–water partition coefficient (Wildman–Crippen LogP) is 2.72. The van der Waals surface area contributed by atoms with Crippen LogP contribution in [0, 0.1) is 12.7 Å². The van der Waals surface area contributed by atoms with E-state index in [1.54, 1.807) is 12.1 Å². The van der Waals surface area contributed by atoms with E-state index in [0.717, 1.165) is 5.56 Å². The Morgan fingerprint density at radius 1 is 1.40 bits per heavy atom. The fourth-order valence-corrected chi connectivity index (χ4v) is 1.76. The van der Waals surface area contributed by atoms with Crippen LogP contribution in [-0.2, 0) is 16.1 Å². The van der Waals surface area contributed by atoms with E-state index in [9.17, 15) is 9.18 Å². The highest BCUT2D eigenvalue weighted by atomic mass is 19.1. The molecule has 20 heavy (non-hydrogen) atoms. The van der Waals surface area contributed by atoms with Crippen LogP contribution >= 0.6 is 0 Å². The van der Waals surface area contributed by atoms with Crippen molar-refractivity contribution in [2.45, 2.75) is 13.5 Å². The lowest BCUT2D eigenvalue weighted by Gasteiger charge is -1.99. The molecule has 106 valence electrons. The number of methoxy groups -OCH3 is 2. The van der Waals surface area contributed by atoms with Crippen molar-refractivity contribution in [1.29, 1.82) is 0 Å². The Labute approximate surface area is 115 Å². The summed E-state index contributed by atoms with van der Waals surface area (Å²) in [6.07, 6.45) is 0. The Hall–Kier alpha value is -2.21. The van der Waals surface area contributed by atoms with E-state index in [0.29, 0.717) is 0 Å². The highest BCUT2D eigenvalue weighted by Crippen LogP contribution is 2.26. The minimum Gasteiger partial charge on any atom is -0.463 e. The molecule has 0 saturated carbocycles. The number of rotatable bonds is 4. The zero-order valence-electron chi connectivity index (χ0n) is 11.4. The van der Waals surface area contributed by atoms with Crippen LogP contribution in [0.1, 0.15) is 21.8 Å². The largest absolute Gasteiger partial charge is 0.463 e. The molecule has 0 N–H and O–H groups in total. The summed E-state index contributed by atoms with van der Waals surface area (Å²) in [5.74, 6) is -1.20. The summed E-state index contributed by atoms with van der Waals surface area (Å²) < 4.78 is 28.7. The van der Waals surface area contributed by atoms with Crippen LogP contribution in [0.25, 0.3) is 11.5 Å². The number of ether oxygens (including phenoxy) is 2. The van der Waals surface area contributed by atoms with Crippen molar-refractivity contribution in [2.24, 2.45) is 0 Å². The van der Waals surface area contributed by atoms with E-state index in [1.807, 2.05) is 6.92 Å². The van der Waals surface area contributed by atoms with Gasteiger partial charge in [-0.2, -0.15) is 0 Å². The van der Waals surface area contributed by atoms with Gasteiger partial charge in [0.2, 0.25) is 11.7 Å². The molecular weight excluding hydrogens is 265 g/mol. The van der Waals surface area contributed by atoms with Crippen molar-refractivity contribution in [1.82, 2.24) is 4.98 Å². The van der Waals surface area contributed by atoms with Gasteiger partial charge in [0.1, 0.15) is 11.5 Å². The highest BCUT2D eigenvalue weighted by molar-refractivity contribution is 5.87. The van der Waals surface area contributed by atoms with Gasteiger partial charge in [0.15, 0.2) is 0 Å². The zero-order valence-corrected chi connectivity index (χ0v) is 11.4. The molecule has 0 bridgehead atoms. The minimum atomic E-state index is -0.677. The number of aryl methyl sites for hydroxylation is 1. The quantitative estimate of drug-likeness (QED) is 0.805. The van der Waals surface area contributed by atoms with Gasteiger partial charge in [-0.3, -0.25) is 0 Å². The molecule has 1 aromatic carbocycles. The van der Waals surface area contributed by atoms with E-state index < -0.39 is 11.8 Å². The topological polar surface area (TPSA) is 61.6 Å². The molecule has 0 radical (unpaired) electrons. The summed E-state index contributed by atoms with van der Waals surface area (Å²) in [6, 6.07) is 4.56. The van der Waals surface area contributed by atoms with Crippen LogP contribution in [-0.4, -0.2) is 25.2 Å². The lowest BCUT2D eigenvalue weighted by atomic mass is 10.1. The smallest absolute Gasteiger partial charge is 0.376 e. The van der Waals surface area contributed by atoms with Crippen molar-refractivity contribution in [2.75, 3.05) is 14.2 Å². The van der Waals surface area contributed by atoms with Crippen LogP contribution < -0.4 is 0 Å². The second-order valence-corrected chi connectivity index (χ2v) is 4.20. The molecule has 0 saturated heterocycles. The third-order valence-electron chi connectivity index (χ3n) is 2.70. The second-order valence-electron chi connectivity index (χ2n) is 4.20. The van der Waals surface area contributed by atoms with Gasteiger partial charge in [0.25, 0.3) is 0 Å². The maximum absolute atomic E-state index is 13.8. The van der Waals surface area contributed by atoms with Crippen molar-refractivity contribution in [3.05, 3.63) is 41.0 Å². The van der Waals surface area contributed by atoms with Crippen molar-refractivity contribution >= 4 is 5.97 Å². The zero-order chi connectivity index (χ0) is 14.7. The van der Waals surface area contributed by atoms with E-state index in [4.69, 9.17) is 9.15 Å². The fourth-order valence-electron chi connectivity index (χ4n) is 1.76. The average molecular weight is 279 g/mol. The minimum absolute atomic E-state index is 0.0265. The Morgan fingerprint density at radius 2 is 2.15 bits per heavy atom. The first-order valence-corrected chi connectivity index (χ1v) is 5.90. The molecule has 0 atom stereocenters. The van der Waals surface area contributed by atoms with Crippen LogP contribution in [0.2, 0.25) is 0 Å². The first kappa shape index (κ1) is 14.2. The van der Waals surface area contributed by atoms with Gasteiger partial charge in [-0.05, 0) is 19.1 Å². The Morgan fingerprint density at radius 3 is 2.80 bits per heavy atom. The maximum Gasteiger partial charge on any atom is 0.376 e. The lowest BCUT2D eigenvalue weighted by Crippen LogP contribution is -2.04. The normalized spacial score (nSPS) is 10.6. The van der Waals surface area contributed by atoms with Crippen LogP contribution in [0.4, 0.5) is 4.39 Å². The first-order chi connectivity index (χ1) is 9.56. The van der Waals surface area contributed by atoms with Crippen molar-refractivity contribution < 1.29 is 23.1 Å². The van der Waals surface area contributed by atoms with Gasteiger partial charge in [0.05, 0.1) is 19.3 Å².